The number of hydrogen-bond acceptors (Lipinski definition) is 5. The topological polar surface area (TPSA) is 91.4 Å². The number of anilines is 1. The quantitative estimate of drug-likeness (QED) is 0.614. The summed E-state index contributed by atoms with van der Waals surface area (Å²) in [6.45, 7) is 2.24. The number of aryl methyl sites for hydroxylation is 1. The molecule has 3 rings (SSSR count). The second-order valence-electron chi connectivity index (χ2n) is 6.62. The Morgan fingerprint density at radius 1 is 1.28 bits per heavy atom. The number of nitrogens with one attached hydrogen (secondary N) is 1. The van der Waals surface area contributed by atoms with Gasteiger partial charge < -0.3 is 20.5 Å². The fourth-order valence-corrected chi connectivity index (χ4v) is 3.12. The number of halogens is 1. The molecule has 1 aromatic heterocycles. The van der Waals surface area contributed by atoms with Gasteiger partial charge in [-0.15, -0.1) is 0 Å². The first-order valence-corrected chi connectivity index (χ1v) is 9.43. The first kappa shape index (κ1) is 20.7. The molecule has 3 N–H and O–H groups in total. The largest absolute Gasteiger partial charge is 0.495 e. The molecule has 1 atom stereocenters. The molecule has 8 heteroatoms. The maximum Gasteiger partial charge on any atom is 0.257 e. The van der Waals surface area contributed by atoms with E-state index in [1.54, 1.807) is 41.2 Å². The molecule has 29 heavy (non-hydrogen) atoms. The summed E-state index contributed by atoms with van der Waals surface area (Å²) in [4.78, 5) is 12.8. The van der Waals surface area contributed by atoms with E-state index in [2.05, 4.69) is 10.4 Å². The lowest BCUT2D eigenvalue weighted by molar-refractivity contribution is 0.102. The molecule has 0 radical (unpaired) electrons. The average Bonchev–Trinajstić information content (AvgIpc) is 3.12. The Morgan fingerprint density at radius 2 is 2.07 bits per heavy atom. The number of rotatable bonds is 7. The first-order valence-electron chi connectivity index (χ1n) is 9.05. The van der Waals surface area contributed by atoms with Crippen molar-refractivity contribution in [2.45, 2.75) is 13.0 Å². The number of hydrogen-bond donors (Lipinski definition) is 2. The van der Waals surface area contributed by atoms with Gasteiger partial charge in [0.25, 0.3) is 5.91 Å². The van der Waals surface area contributed by atoms with Gasteiger partial charge in [0.1, 0.15) is 18.1 Å². The van der Waals surface area contributed by atoms with Crippen LogP contribution in [0.3, 0.4) is 0 Å². The second kappa shape index (κ2) is 8.98. The van der Waals surface area contributed by atoms with Crippen molar-refractivity contribution in [3.8, 4) is 22.8 Å². The molecule has 7 nitrogen and oxygen atoms in total. The number of benzene rings is 2. The van der Waals surface area contributed by atoms with E-state index in [4.69, 9.17) is 26.8 Å². The average molecular weight is 415 g/mol. The summed E-state index contributed by atoms with van der Waals surface area (Å²) < 4.78 is 12.8. The molecule has 0 saturated carbocycles. The van der Waals surface area contributed by atoms with E-state index in [1.807, 2.05) is 26.1 Å². The molecule has 1 heterocycles. The number of aromatic nitrogens is 2. The number of ether oxygens (including phenoxy) is 2. The fraction of sp³-hybridized carbons (Fsp3) is 0.238. The summed E-state index contributed by atoms with van der Waals surface area (Å²) in [5, 5.41) is 7.35. The van der Waals surface area contributed by atoms with Gasteiger partial charge in [0.15, 0.2) is 0 Å². The SMILES string of the molecule is COc1cccc(C(=O)Nc2ccc(OC[C@@H](C)N)c(-c3ccnn3C)c2)c1Cl. The second-order valence-corrected chi connectivity index (χ2v) is 6.99. The lowest BCUT2D eigenvalue weighted by Crippen LogP contribution is -2.23. The summed E-state index contributed by atoms with van der Waals surface area (Å²) in [7, 11) is 3.34. The zero-order chi connectivity index (χ0) is 21.0. The third kappa shape index (κ3) is 4.70. The summed E-state index contributed by atoms with van der Waals surface area (Å²) in [5.41, 5.74) is 8.37. The van der Waals surface area contributed by atoms with Crippen molar-refractivity contribution in [1.82, 2.24) is 9.78 Å². The molecule has 0 aliphatic heterocycles. The van der Waals surface area contributed by atoms with E-state index < -0.39 is 0 Å². The van der Waals surface area contributed by atoms with Crippen LogP contribution in [0.4, 0.5) is 5.69 Å². The van der Waals surface area contributed by atoms with Gasteiger partial charge >= 0.3 is 0 Å². The number of nitrogens with zero attached hydrogens (tertiary/aromatic N) is 2. The molecule has 1 amide bonds. The molecule has 3 aromatic rings. The maximum atomic E-state index is 12.8. The highest BCUT2D eigenvalue weighted by molar-refractivity contribution is 6.35. The smallest absolute Gasteiger partial charge is 0.257 e. The monoisotopic (exact) mass is 414 g/mol. The van der Waals surface area contributed by atoms with Gasteiger partial charge in [-0.3, -0.25) is 9.48 Å². The summed E-state index contributed by atoms with van der Waals surface area (Å²) in [5.74, 6) is 0.756. The third-order valence-corrected chi connectivity index (χ3v) is 4.65. The van der Waals surface area contributed by atoms with Crippen LogP contribution in [0.1, 0.15) is 17.3 Å². The summed E-state index contributed by atoms with van der Waals surface area (Å²) in [6.07, 6.45) is 1.70. The van der Waals surface area contributed by atoms with Crippen molar-refractivity contribution in [2.75, 3.05) is 19.0 Å². The van der Waals surface area contributed by atoms with E-state index in [0.29, 0.717) is 29.4 Å². The fourth-order valence-electron chi connectivity index (χ4n) is 2.84. The Hall–Kier alpha value is -3.03. The van der Waals surface area contributed by atoms with Gasteiger partial charge in [-0.1, -0.05) is 17.7 Å². The van der Waals surface area contributed by atoms with Crippen LogP contribution in [0.5, 0.6) is 11.5 Å². The number of carbonyl (C=O) groups excluding carboxylic acids is 1. The molecule has 0 bridgehead atoms. The van der Waals surface area contributed by atoms with Crippen LogP contribution in [0.15, 0.2) is 48.7 Å². The van der Waals surface area contributed by atoms with E-state index in [-0.39, 0.29) is 17.0 Å². The molecule has 2 aromatic carbocycles. The van der Waals surface area contributed by atoms with Crippen LogP contribution in [0.25, 0.3) is 11.3 Å². The van der Waals surface area contributed by atoms with Crippen LogP contribution in [-0.2, 0) is 7.05 Å². The highest BCUT2D eigenvalue weighted by atomic mass is 35.5. The van der Waals surface area contributed by atoms with Gasteiger partial charge in [-0.2, -0.15) is 5.10 Å². The van der Waals surface area contributed by atoms with Crippen molar-refractivity contribution < 1.29 is 14.3 Å². The lowest BCUT2D eigenvalue weighted by Gasteiger charge is -2.15. The van der Waals surface area contributed by atoms with Gasteiger partial charge in [-0.25, -0.2) is 0 Å². The Bertz CT molecular complexity index is 1020. The summed E-state index contributed by atoms with van der Waals surface area (Å²) >= 11 is 6.27. The normalized spacial score (nSPS) is 11.8. The van der Waals surface area contributed by atoms with Crippen molar-refractivity contribution in [3.05, 3.63) is 59.2 Å². The van der Waals surface area contributed by atoms with Gasteiger partial charge in [0.2, 0.25) is 0 Å². The molecule has 0 fully saturated rings. The van der Waals surface area contributed by atoms with Crippen LogP contribution < -0.4 is 20.5 Å². The van der Waals surface area contributed by atoms with Gasteiger partial charge in [0.05, 0.1) is 23.4 Å². The zero-order valence-electron chi connectivity index (χ0n) is 16.5. The Kier molecular flexibility index (Phi) is 6.41. The van der Waals surface area contributed by atoms with Gasteiger partial charge in [0, 0.05) is 30.5 Å². The molecule has 0 unspecified atom stereocenters. The number of amides is 1. The van der Waals surface area contributed by atoms with E-state index >= 15 is 0 Å². The third-order valence-electron chi connectivity index (χ3n) is 4.26. The van der Waals surface area contributed by atoms with Crippen LogP contribution in [0, 0.1) is 0 Å². The molecule has 152 valence electrons. The highest BCUT2D eigenvalue weighted by Gasteiger charge is 2.16. The van der Waals surface area contributed by atoms with Crippen molar-refractivity contribution in [2.24, 2.45) is 12.8 Å². The molecule has 0 aliphatic rings. The van der Waals surface area contributed by atoms with Crippen molar-refractivity contribution in [3.63, 3.8) is 0 Å². The molecular formula is C21H23ClN4O3. The minimum absolute atomic E-state index is 0.107. The van der Waals surface area contributed by atoms with Gasteiger partial charge in [-0.05, 0) is 43.3 Å². The molecule has 0 saturated heterocycles. The summed E-state index contributed by atoms with van der Waals surface area (Å²) in [6, 6.07) is 12.2. The van der Waals surface area contributed by atoms with E-state index in [1.165, 1.54) is 7.11 Å². The van der Waals surface area contributed by atoms with Crippen LogP contribution in [0.2, 0.25) is 5.02 Å². The van der Waals surface area contributed by atoms with Crippen molar-refractivity contribution in [1.29, 1.82) is 0 Å². The minimum atomic E-state index is -0.339. The first-order chi connectivity index (χ1) is 13.9. The predicted octanol–water partition coefficient (Wildman–Crippen LogP) is 3.73. The Balaban J connectivity index is 1.92. The molecular weight excluding hydrogens is 392 g/mol. The Labute approximate surface area is 174 Å². The predicted molar refractivity (Wildman–Crippen MR) is 114 cm³/mol. The van der Waals surface area contributed by atoms with Crippen molar-refractivity contribution >= 4 is 23.2 Å². The Morgan fingerprint density at radius 3 is 2.72 bits per heavy atom. The minimum Gasteiger partial charge on any atom is -0.495 e. The standard InChI is InChI=1S/C21H23ClN4O3/c1-13(23)12-29-18-8-7-14(11-16(18)17-9-10-24-26(17)2)25-21(27)15-5-4-6-19(28-3)20(15)22/h4-11,13H,12,23H2,1-3H3,(H,25,27)/t13-/m1/s1. The van der Waals surface area contributed by atoms with E-state index in [0.717, 1.165) is 11.3 Å². The molecule has 0 spiro atoms. The number of methoxy groups -OCH3 is 1. The van der Waals surface area contributed by atoms with E-state index in [9.17, 15) is 4.79 Å². The van der Waals surface area contributed by atoms with Crippen LogP contribution in [-0.4, -0.2) is 35.4 Å². The number of nitrogens with two attached hydrogens (primary N) is 1. The highest BCUT2D eigenvalue weighted by Crippen LogP contribution is 2.33. The number of carbonyl (C=O) groups is 1. The maximum absolute atomic E-state index is 12.8. The zero-order valence-corrected chi connectivity index (χ0v) is 17.2. The van der Waals surface area contributed by atoms with Crippen LogP contribution >= 0.6 is 11.6 Å². The lowest BCUT2D eigenvalue weighted by atomic mass is 10.1. The molecule has 0 aliphatic carbocycles.